The molecule has 0 amide bonds. The fourth-order valence-corrected chi connectivity index (χ4v) is 2.45. The molecule has 0 aromatic carbocycles. The van der Waals surface area contributed by atoms with E-state index >= 15 is 0 Å². The molecule has 2 unspecified atom stereocenters. The molecule has 0 fully saturated rings. The molecule has 0 saturated heterocycles. The number of rotatable bonds is 6. The van der Waals surface area contributed by atoms with Crippen LogP contribution >= 0.6 is 0 Å². The maximum absolute atomic E-state index is 5.61. The minimum atomic E-state index is 0.201. The smallest absolute Gasteiger partial charge is 0.176 e. The Labute approximate surface area is 109 Å². The van der Waals surface area contributed by atoms with E-state index in [9.17, 15) is 0 Å². The van der Waals surface area contributed by atoms with Crippen LogP contribution in [-0.2, 0) is 13.5 Å². The van der Waals surface area contributed by atoms with E-state index < -0.39 is 0 Å². The van der Waals surface area contributed by atoms with Gasteiger partial charge in [0.15, 0.2) is 5.82 Å². The zero-order valence-electron chi connectivity index (χ0n) is 12.1. The molecule has 1 aromatic heterocycles. The van der Waals surface area contributed by atoms with Crippen molar-refractivity contribution in [2.24, 2.45) is 24.2 Å². The minimum Gasteiger partial charge on any atom is -0.271 e. The lowest BCUT2D eigenvalue weighted by Crippen LogP contribution is -2.38. The van der Waals surface area contributed by atoms with Gasteiger partial charge in [0.05, 0.1) is 7.05 Å². The Morgan fingerprint density at radius 3 is 2.50 bits per heavy atom. The molecular formula is C12H26N6. The Balaban J connectivity index is 2.46. The van der Waals surface area contributed by atoms with Gasteiger partial charge in [0.2, 0.25) is 0 Å². The van der Waals surface area contributed by atoms with Crippen molar-refractivity contribution in [1.82, 2.24) is 25.6 Å². The van der Waals surface area contributed by atoms with E-state index in [-0.39, 0.29) is 6.04 Å². The van der Waals surface area contributed by atoms with Crippen LogP contribution in [0.25, 0.3) is 0 Å². The Hall–Kier alpha value is -1.01. The van der Waals surface area contributed by atoms with E-state index in [1.165, 1.54) is 11.2 Å². The van der Waals surface area contributed by atoms with Gasteiger partial charge in [-0.1, -0.05) is 27.7 Å². The van der Waals surface area contributed by atoms with Crippen LogP contribution in [0.3, 0.4) is 0 Å². The first-order valence-corrected chi connectivity index (χ1v) is 6.49. The SMILES string of the molecule is CC(CC(Cc1nnn(C)n1)NN)CC(C)(C)C. The molecule has 104 valence electrons. The van der Waals surface area contributed by atoms with Gasteiger partial charge in [0.1, 0.15) is 0 Å². The molecule has 1 rings (SSSR count). The number of nitrogens with two attached hydrogens (primary N) is 1. The van der Waals surface area contributed by atoms with Crippen molar-refractivity contribution in [3.8, 4) is 0 Å². The molecule has 18 heavy (non-hydrogen) atoms. The van der Waals surface area contributed by atoms with Crippen LogP contribution < -0.4 is 11.3 Å². The average molecular weight is 254 g/mol. The number of nitrogens with zero attached hydrogens (tertiary/aromatic N) is 4. The van der Waals surface area contributed by atoms with Crippen LogP contribution in [0.4, 0.5) is 0 Å². The van der Waals surface area contributed by atoms with Crippen molar-refractivity contribution in [2.75, 3.05) is 0 Å². The molecule has 0 aliphatic rings. The van der Waals surface area contributed by atoms with Gasteiger partial charge in [-0.15, -0.1) is 10.2 Å². The predicted octanol–water partition coefficient (Wildman–Crippen LogP) is 1.05. The summed E-state index contributed by atoms with van der Waals surface area (Å²) in [5.41, 5.74) is 3.21. The molecule has 2 atom stereocenters. The van der Waals surface area contributed by atoms with Crippen molar-refractivity contribution in [2.45, 2.75) is 53.0 Å². The van der Waals surface area contributed by atoms with Crippen molar-refractivity contribution < 1.29 is 0 Å². The van der Waals surface area contributed by atoms with Gasteiger partial charge in [0, 0.05) is 12.5 Å². The third kappa shape index (κ3) is 5.55. The molecule has 6 nitrogen and oxygen atoms in total. The number of hydrogen-bond acceptors (Lipinski definition) is 5. The molecule has 0 radical (unpaired) electrons. The van der Waals surface area contributed by atoms with Crippen LogP contribution in [0.2, 0.25) is 0 Å². The fourth-order valence-electron chi connectivity index (χ4n) is 2.45. The summed E-state index contributed by atoms with van der Waals surface area (Å²) in [5, 5.41) is 12.0. The van der Waals surface area contributed by atoms with Gasteiger partial charge in [0.25, 0.3) is 0 Å². The molecule has 3 N–H and O–H groups in total. The number of tetrazole rings is 1. The Morgan fingerprint density at radius 1 is 1.39 bits per heavy atom. The van der Waals surface area contributed by atoms with Gasteiger partial charge in [-0.2, -0.15) is 4.80 Å². The lowest BCUT2D eigenvalue weighted by atomic mass is 9.82. The maximum Gasteiger partial charge on any atom is 0.176 e. The van der Waals surface area contributed by atoms with Gasteiger partial charge in [-0.25, -0.2) is 0 Å². The number of aryl methyl sites for hydroxylation is 1. The molecule has 1 heterocycles. The molecule has 6 heteroatoms. The summed E-state index contributed by atoms with van der Waals surface area (Å²) in [6.45, 7) is 9.05. The summed E-state index contributed by atoms with van der Waals surface area (Å²) in [6.07, 6.45) is 2.92. The highest BCUT2D eigenvalue weighted by atomic mass is 15.6. The predicted molar refractivity (Wildman–Crippen MR) is 71.5 cm³/mol. The lowest BCUT2D eigenvalue weighted by Gasteiger charge is -2.26. The highest BCUT2D eigenvalue weighted by Gasteiger charge is 2.20. The van der Waals surface area contributed by atoms with Gasteiger partial charge >= 0.3 is 0 Å². The van der Waals surface area contributed by atoms with Gasteiger partial charge in [-0.3, -0.25) is 11.3 Å². The summed E-state index contributed by atoms with van der Waals surface area (Å²) >= 11 is 0. The molecular weight excluding hydrogens is 228 g/mol. The molecule has 0 aliphatic heterocycles. The van der Waals surface area contributed by atoms with E-state index in [0.717, 1.165) is 18.7 Å². The van der Waals surface area contributed by atoms with Crippen molar-refractivity contribution >= 4 is 0 Å². The van der Waals surface area contributed by atoms with Crippen LogP contribution in [0.15, 0.2) is 0 Å². The van der Waals surface area contributed by atoms with Crippen LogP contribution in [0.1, 0.15) is 46.4 Å². The summed E-state index contributed by atoms with van der Waals surface area (Å²) in [4.78, 5) is 1.47. The molecule has 1 aromatic rings. The van der Waals surface area contributed by atoms with E-state index in [4.69, 9.17) is 5.84 Å². The first kappa shape index (κ1) is 15.0. The third-order valence-corrected chi connectivity index (χ3v) is 2.86. The molecule has 0 bridgehead atoms. The first-order chi connectivity index (χ1) is 8.30. The summed E-state index contributed by atoms with van der Waals surface area (Å²) in [7, 11) is 1.77. The van der Waals surface area contributed by atoms with Crippen LogP contribution in [-0.4, -0.2) is 26.2 Å². The zero-order chi connectivity index (χ0) is 13.8. The van der Waals surface area contributed by atoms with Crippen LogP contribution in [0.5, 0.6) is 0 Å². The number of hydrogen-bond donors (Lipinski definition) is 2. The number of hydrazine groups is 1. The van der Waals surface area contributed by atoms with Gasteiger partial charge < -0.3 is 0 Å². The second-order valence-electron chi connectivity index (χ2n) is 6.37. The van der Waals surface area contributed by atoms with E-state index in [1.54, 1.807) is 7.05 Å². The normalized spacial score (nSPS) is 15.7. The monoisotopic (exact) mass is 254 g/mol. The van der Waals surface area contributed by atoms with E-state index in [0.29, 0.717) is 11.3 Å². The van der Waals surface area contributed by atoms with Crippen LogP contribution in [0, 0.1) is 11.3 Å². The summed E-state index contributed by atoms with van der Waals surface area (Å²) in [5.74, 6) is 6.96. The topological polar surface area (TPSA) is 81.7 Å². The van der Waals surface area contributed by atoms with E-state index in [2.05, 4.69) is 48.5 Å². The lowest BCUT2D eigenvalue weighted by molar-refractivity contribution is 0.274. The maximum atomic E-state index is 5.61. The minimum absolute atomic E-state index is 0.201. The van der Waals surface area contributed by atoms with Crippen molar-refractivity contribution in [1.29, 1.82) is 0 Å². The molecule has 0 spiro atoms. The number of nitrogens with one attached hydrogen (secondary N) is 1. The van der Waals surface area contributed by atoms with Gasteiger partial charge in [-0.05, 0) is 29.4 Å². The van der Waals surface area contributed by atoms with Crippen molar-refractivity contribution in [3.05, 3.63) is 5.82 Å². The molecule has 0 saturated carbocycles. The summed E-state index contributed by atoms with van der Waals surface area (Å²) < 4.78 is 0. The Bertz CT molecular complexity index is 354. The second kappa shape index (κ2) is 6.24. The third-order valence-electron chi connectivity index (χ3n) is 2.86. The average Bonchev–Trinajstić information content (AvgIpc) is 2.60. The highest BCUT2D eigenvalue weighted by Crippen LogP contribution is 2.26. The standard InChI is InChI=1S/C12H26N6/c1-9(8-12(2,3)4)6-10(14-13)7-11-15-17-18(5)16-11/h9-10,14H,6-8,13H2,1-5H3. The highest BCUT2D eigenvalue weighted by molar-refractivity contribution is 4.85. The Morgan fingerprint density at radius 2 is 2.06 bits per heavy atom. The van der Waals surface area contributed by atoms with E-state index in [1.807, 2.05) is 0 Å². The first-order valence-electron chi connectivity index (χ1n) is 6.49. The zero-order valence-corrected chi connectivity index (χ0v) is 12.1. The Kier molecular flexibility index (Phi) is 5.22. The molecule has 0 aliphatic carbocycles. The summed E-state index contributed by atoms with van der Waals surface area (Å²) in [6, 6.07) is 0.201. The quantitative estimate of drug-likeness (QED) is 0.585. The van der Waals surface area contributed by atoms with Crippen molar-refractivity contribution in [3.63, 3.8) is 0 Å². The fraction of sp³-hybridized carbons (Fsp3) is 0.917. The second-order valence-corrected chi connectivity index (χ2v) is 6.37. The largest absolute Gasteiger partial charge is 0.271 e. The number of aromatic nitrogens is 4.